The first-order chi connectivity index (χ1) is 8.93. The molecule has 0 spiro atoms. The molecule has 0 unspecified atom stereocenters. The molecule has 0 atom stereocenters. The summed E-state index contributed by atoms with van der Waals surface area (Å²) in [5.41, 5.74) is -1.41. The molecular formula is C11H14F3N3O2. The molecule has 0 radical (unpaired) electrons. The third kappa shape index (κ3) is 2.58. The summed E-state index contributed by atoms with van der Waals surface area (Å²) >= 11 is 0. The van der Waals surface area contributed by atoms with Crippen LogP contribution in [-0.4, -0.2) is 35.9 Å². The maximum Gasteiger partial charge on any atom is 0.406 e. The van der Waals surface area contributed by atoms with Gasteiger partial charge in [0.05, 0.1) is 19.8 Å². The highest BCUT2D eigenvalue weighted by Crippen LogP contribution is 2.49. The molecule has 1 N–H and O–H groups in total. The molecule has 19 heavy (non-hydrogen) atoms. The van der Waals surface area contributed by atoms with E-state index in [1.807, 2.05) is 0 Å². The van der Waals surface area contributed by atoms with E-state index in [0.29, 0.717) is 5.56 Å². The fraction of sp³-hybridized carbons (Fsp3) is 0.636. The predicted octanol–water partition coefficient (Wildman–Crippen LogP) is 1.68. The Bertz CT molecular complexity index is 439. The molecule has 0 bridgehead atoms. The van der Waals surface area contributed by atoms with Crippen LogP contribution in [0.4, 0.5) is 13.2 Å². The second-order valence-corrected chi connectivity index (χ2v) is 4.30. The molecule has 0 aromatic carbocycles. The molecule has 1 saturated carbocycles. The first-order valence-corrected chi connectivity index (χ1v) is 5.67. The molecule has 2 rings (SSSR count). The van der Waals surface area contributed by atoms with Crippen LogP contribution in [0.5, 0.6) is 11.8 Å². The van der Waals surface area contributed by atoms with Gasteiger partial charge in [0.25, 0.3) is 0 Å². The van der Waals surface area contributed by atoms with Crippen molar-refractivity contribution in [2.45, 2.75) is 31.1 Å². The number of methoxy groups -OCH3 is 2. The molecule has 1 fully saturated rings. The Morgan fingerprint density at radius 3 is 2.11 bits per heavy atom. The van der Waals surface area contributed by atoms with Gasteiger partial charge in [-0.1, -0.05) is 0 Å². The molecule has 0 aliphatic heterocycles. The van der Waals surface area contributed by atoms with Gasteiger partial charge in [-0.3, -0.25) is 5.32 Å². The van der Waals surface area contributed by atoms with Gasteiger partial charge in [-0.25, -0.2) is 9.97 Å². The zero-order valence-electron chi connectivity index (χ0n) is 10.5. The third-order valence-electron chi connectivity index (χ3n) is 3.15. The highest BCUT2D eigenvalue weighted by atomic mass is 19.4. The van der Waals surface area contributed by atoms with E-state index in [4.69, 9.17) is 9.47 Å². The molecule has 1 aromatic rings. The van der Waals surface area contributed by atoms with Crippen LogP contribution in [0.2, 0.25) is 0 Å². The van der Waals surface area contributed by atoms with E-state index in [2.05, 4.69) is 15.3 Å². The van der Waals surface area contributed by atoms with Crippen molar-refractivity contribution < 1.29 is 22.6 Å². The van der Waals surface area contributed by atoms with Crippen LogP contribution < -0.4 is 14.8 Å². The smallest absolute Gasteiger partial charge is 0.406 e. The summed E-state index contributed by atoms with van der Waals surface area (Å²) < 4.78 is 48.4. The number of hydrogen-bond donors (Lipinski definition) is 1. The third-order valence-corrected chi connectivity index (χ3v) is 3.15. The lowest BCUT2D eigenvalue weighted by Gasteiger charge is -2.21. The van der Waals surface area contributed by atoms with Crippen molar-refractivity contribution in [1.29, 1.82) is 0 Å². The molecule has 106 valence electrons. The summed E-state index contributed by atoms with van der Waals surface area (Å²) in [6.07, 6.45) is -2.87. The van der Waals surface area contributed by atoms with Crippen molar-refractivity contribution in [3.05, 3.63) is 11.9 Å². The fourth-order valence-electron chi connectivity index (χ4n) is 1.83. The van der Waals surface area contributed by atoms with Crippen LogP contribution in [0, 0.1) is 0 Å². The summed E-state index contributed by atoms with van der Waals surface area (Å²) in [6.45, 7) is -0.0628. The minimum atomic E-state index is -4.26. The van der Waals surface area contributed by atoms with E-state index < -0.39 is 11.7 Å². The van der Waals surface area contributed by atoms with E-state index in [-0.39, 0.29) is 31.1 Å². The van der Waals surface area contributed by atoms with Gasteiger partial charge in [0.2, 0.25) is 11.8 Å². The average Bonchev–Trinajstić information content (AvgIpc) is 3.16. The Hall–Kier alpha value is -1.57. The highest BCUT2D eigenvalue weighted by molar-refractivity contribution is 5.34. The van der Waals surface area contributed by atoms with Crippen molar-refractivity contribution >= 4 is 0 Å². The Kier molecular flexibility index (Phi) is 3.53. The van der Waals surface area contributed by atoms with Crippen molar-refractivity contribution in [3.63, 3.8) is 0 Å². The first-order valence-electron chi connectivity index (χ1n) is 5.67. The monoisotopic (exact) mass is 277 g/mol. The second-order valence-electron chi connectivity index (χ2n) is 4.30. The topological polar surface area (TPSA) is 56.3 Å². The van der Waals surface area contributed by atoms with Gasteiger partial charge in [0.15, 0.2) is 0 Å². The minimum absolute atomic E-state index is 0.0628. The van der Waals surface area contributed by atoms with E-state index >= 15 is 0 Å². The summed E-state index contributed by atoms with van der Waals surface area (Å²) in [5.74, 6) is 0.412. The summed E-state index contributed by atoms with van der Waals surface area (Å²) in [5, 5.41) is 2.51. The zero-order valence-corrected chi connectivity index (χ0v) is 10.5. The van der Waals surface area contributed by atoms with Crippen LogP contribution in [0.15, 0.2) is 6.33 Å². The summed E-state index contributed by atoms with van der Waals surface area (Å²) in [4.78, 5) is 7.71. The quantitative estimate of drug-likeness (QED) is 0.887. The number of hydrogen-bond acceptors (Lipinski definition) is 5. The van der Waals surface area contributed by atoms with Crippen LogP contribution in [-0.2, 0) is 6.54 Å². The Morgan fingerprint density at radius 2 is 1.74 bits per heavy atom. The molecule has 1 aliphatic rings. The molecule has 0 saturated heterocycles. The Labute approximate surface area is 108 Å². The van der Waals surface area contributed by atoms with Crippen molar-refractivity contribution in [2.24, 2.45) is 0 Å². The number of rotatable bonds is 5. The lowest BCUT2D eigenvalue weighted by atomic mass is 10.2. The van der Waals surface area contributed by atoms with E-state index in [9.17, 15) is 13.2 Å². The molecule has 8 heteroatoms. The molecular weight excluding hydrogens is 263 g/mol. The zero-order chi connectivity index (χ0) is 14.1. The van der Waals surface area contributed by atoms with E-state index in [1.54, 1.807) is 0 Å². The predicted molar refractivity (Wildman–Crippen MR) is 60.0 cm³/mol. The normalized spacial score (nSPS) is 17.1. The van der Waals surface area contributed by atoms with Gasteiger partial charge in [0.1, 0.15) is 11.9 Å². The number of halogens is 3. The van der Waals surface area contributed by atoms with E-state index in [0.717, 1.165) is 0 Å². The molecule has 0 amide bonds. The van der Waals surface area contributed by atoms with E-state index in [1.165, 1.54) is 20.5 Å². The second kappa shape index (κ2) is 4.84. The molecule has 5 nitrogen and oxygen atoms in total. The average molecular weight is 277 g/mol. The summed E-state index contributed by atoms with van der Waals surface area (Å²) in [7, 11) is 2.78. The largest absolute Gasteiger partial charge is 0.481 e. The SMILES string of the molecule is COc1ncnc(OC)c1CNC1(C(F)(F)F)CC1. The van der Waals surface area contributed by atoms with Crippen LogP contribution in [0.1, 0.15) is 18.4 Å². The van der Waals surface area contributed by atoms with Crippen molar-refractivity contribution in [3.8, 4) is 11.8 Å². The number of nitrogens with zero attached hydrogens (tertiary/aromatic N) is 2. The first kappa shape index (κ1) is 13.9. The number of ether oxygens (including phenoxy) is 2. The van der Waals surface area contributed by atoms with Gasteiger partial charge in [-0.2, -0.15) is 13.2 Å². The van der Waals surface area contributed by atoms with Crippen molar-refractivity contribution in [2.75, 3.05) is 14.2 Å². The number of alkyl halides is 3. The van der Waals surface area contributed by atoms with Gasteiger partial charge in [0, 0.05) is 6.54 Å². The Balaban J connectivity index is 2.16. The fourth-order valence-corrected chi connectivity index (χ4v) is 1.83. The van der Waals surface area contributed by atoms with Gasteiger partial charge < -0.3 is 9.47 Å². The standard InChI is InChI=1S/C11H14F3N3O2/c1-18-8-7(9(19-2)16-6-15-8)5-17-10(3-4-10)11(12,13)14/h6,17H,3-5H2,1-2H3. The summed E-state index contributed by atoms with van der Waals surface area (Å²) in [6, 6.07) is 0. The van der Waals surface area contributed by atoms with Gasteiger partial charge >= 0.3 is 6.18 Å². The molecule has 1 heterocycles. The lowest BCUT2D eigenvalue weighted by molar-refractivity contribution is -0.166. The maximum atomic E-state index is 12.8. The van der Waals surface area contributed by atoms with Crippen LogP contribution in [0.3, 0.4) is 0 Å². The highest BCUT2D eigenvalue weighted by Gasteiger charge is 2.63. The molecule has 1 aromatic heterocycles. The van der Waals surface area contributed by atoms with Crippen molar-refractivity contribution in [1.82, 2.24) is 15.3 Å². The lowest BCUT2D eigenvalue weighted by Crippen LogP contribution is -2.44. The van der Waals surface area contributed by atoms with Gasteiger partial charge in [-0.05, 0) is 12.8 Å². The van der Waals surface area contributed by atoms with Crippen LogP contribution in [0.25, 0.3) is 0 Å². The molecule has 1 aliphatic carbocycles. The Morgan fingerprint density at radius 1 is 1.21 bits per heavy atom. The van der Waals surface area contributed by atoms with Crippen LogP contribution >= 0.6 is 0 Å². The van der Waals surface area contributed by atoms with Gasteiger partial charge in [-0.15, -0.1) is 0 Å². The maximum absolute atomic E-state index is 12.8. The number of aromatic nitrogens is 2. The number of nitrogens with one attached hydrogen (secondary N) is 1. The minimum Gasteiger partial charge on any atom is -0.481 e.